The Morgan fingerprint density at radius 1 is 1.47 bits per heavy atom. The number of hydrogen-bond acceptors (Lipinski definition) is 3. The van der Waals surface area contributed by atoms with Gasteiger partial charge in [0, 0.05) is 6.04 Å². The summed E-state index contributed by atoms with van der Waals surface area (Å²) in [7, 11) is 0. The summed E-state index contributed by atoms with van der Waals surface area (Å²) >= 11 is 0. The van der Waals surface area contributed by atoms with Crippen molar-refractivity contribution in [2.24, 2.45) is 5.73 Å². The largest absolute Gasteiger partial charge is 0.481 e. The molecule has 4 nitrogen and oxygen atoms in total. The predicted molar refractivity (Wildman–Crippen MR) is 75.6 cm³/mol. The number of amides is 1. The van der Waals surface area contributed by atoms with Crippen molar-refractivity contribution in [3.63, 3.8) is 0 Å². The summed E-state index contributed by atoms with van der Waals surface area (Å²) in [6.07, 6.45) is 5.37. The lowest BCUT2D eigenvalue weighted by Gasteiger charge is -2.15. The molecule has 19 heavy (non-hydrogen) atoms. The van der Waals surface area contributed by atoms with E-state index in [1.54, 1.807) is 6.92 Å². The minimum absolute atomic E-state index is 0.0328. The molecule has 0 aliphatic carbocycles. The van der Waals surface area contributed by atoms with Gasteiger partial charge in [0.2, 0.25) is 0 Å². The third kappa shape index (κ3) is 4.65. The molecule has 0 saturated heterocycles. The second-order valence-electron chi connectivity index (χ2n) is 4.27. The number of hydrogen-bond donors (Lipinski definition) is 2. The number of carbonyl (C=O) groups is 1. The molecule has 0 radical (unpaired) electrons. The Bertz CT molecular complexity index is 448. The smallest absolute Gasteiger partial charge is 0.261 e. The maximum atomic E-state index is 11.6. The predicted octanol–water partition coefficient (Wildman–Crippen LogP) is 1.61. The fourth-order valence-electron chi connectivity index (χ4n) is 1.57. The molecule has 0 heterocycles. The van der Waals surface area contributed by atoms with E-state index in [2.05, 4.69) is 11.2 Å². The molecule has 1 amide bonds. The molecule has 0 fully saturated rings. The lowest BCUT2D eigenvalue weighted by atomic mass is 10.1. The summed E-state index contributed by atoms with van der Waals surface area (Å²) in [6.45, 7) is 3.92. The molecule has 0 aromatic heterocycles. The molecule has 2 atom stereocenters. The average Bonchev–Trinajstić information content (AvgIpc) is 2.44. The Morgan fingerprint density at radius 3 is 2.63 bits per heavy atom. The molecule has 1 rings (SSSR count). The van der Waals surface area contributed by atoms with Crippen LogP contribution in [-0.2, 0) is 4.79 Å². The van der Waals surface area contributed by atoms with Crippen LogP contribution in [0.5, 0.6) is 5.75 Å². The van der Waals surface area contributed by atoms with E-state index in [0.717, 1.165) is 12.0 Å². The Kier molecular flexibility index (Phi) is 5.91. The highest BCUT2D eigenvalue weighted by atomic mass is 16.5. The van der Waals surface area contributed by atoms with Crippen molar-refractivity contribution in [1.82, 2.24) is 5.32 Å². The van der Waals surface area contributed by atoms with Crippen LogP contribution in [0.3, 0.4) is 0 Å². The summed E-state index contributed by atoms with van der Waals surface area (Å²) in [4.78, 5) is 11.6. The van der Waals surface area contributed by atoms with Gasteiger partial charge >= 0.3 is 0 Å². The van der Waals surface area contributed by atoms with E-state index in [1.807, 2.05) is 31.2 Å². The minimum Gasteiger partial charge on any atom is -0.481 e. The quantitative estimate of drug-likeness (QED) is 0.764. The standard InChI is InChI=1S/C15H20N2O2/c1-4-10-17-15(18)11(3)19-13-8-6-12(7-9-13)14(16)5-2/h1,6-9,11,14H,5,10,16H2,2-3H3,(H,17,18). The number of terminal acetylenes is 1. The van der Waals surface area contributed by atoms with Crippen molar-refractivity contribution in [3.8, 4) is 18.1 Å². The number of nitrogens with two attached hydrogens (primary N) is 1. The van der Waals surface area contributed by atoms with Gasteiger partial charge < -0.3 is 15.8 Å². The van der Waals surface area contributed by atoms with E-state index >= 15 is 0 Å². The van der Waals surface area contributed by atoms with E-state index in [-0.39, 0.29) is 18.5 Å². The molecule has 0 aliphatic rings. The maximum Gasteiger partial charge on any atom is 0.261 e. The molecule has 2 unspecified atom stereocenters. The van der Waals surface area contributed by atoms with E-state index in [4.69, 9.17) is 16.9 Å². The zero-order chi connectivity index (χ0) is 14.3. The first-order valence-electron chi connectivity index (χ1n) is 6.31. The molecule has 1 aromatic carbocycles. The van der Waals surface area contributed by atoms with Crippen LogP contribution in [-0.4, -0.2) is 18.6 Å². The Labute approximate surface area is 114 Å². The lowest BCUT2D eigenvalue weighted by Crippen LogP contribution is -2.36. The topological polar surface area (TPSA) is 64.3 Å². The molecular formula is C15H20N2O2. The van der Waals surface area contributed by atoms with Crippen LogP contribution in [0.2, 0.25) is 0 Å². The van der Waals surface area contributed by atoms with Crippen LogP contribution < -0.4 is 15.8 Å². The molecule has 102 valence electrons. The second kappa shape index (κ2) is 7.45. The number of rotatable bonds is 6. The van der Waals surface area contributed by atoms with Crippen molar-refractivity contribution in [1.29, 1.82) is 0 Å². The molecule has 4 heteroatoms. The fraction of sp³-hybridized carbons (Fsp3) is 0.400. The maximum absolute atomic E-state index is 11.6. The third-order valence-electron chi connectivity index (χ3n) is 2.79. The van der Waals surface area contributed by atoms with Crippen LogP contribution in [0.25, 0.3) is 0 Å². The van der Waals surface area contributed by atoms with Crippen LogP contribution in [0.1, 0.15) is 31.9 Å². The minimum atomic E-state index is -0.584. The average molecular weight is 260 g/mol. The van der Waals surface area contributed by atoms with Crippen molar-refractivity contribution >= 4 is 5.91 Å². The normalized spacial score (nSPS) is 13.2. The van der Waals surface area contributed by atoms with Gasteiger partial charge in [-0.2, -0.15) is 0 Å². The van der Waals surface area contributed by atoms with Gasteiger partial charge in [-0.1, -0.05) is 25.0 Å². The first-order valence-corrected chi connectivity index (χ1v) is 6.31. The van der Waals surface area contributed by atoms with E-state index < -0.39 is 6.10 Å². The summed E-state index contributed by atoms with van der Waals surface area (Å²) in [5.74, 6) is 2.75. The first kappa shape index (κ1) is 15.1. The second-order valence-corrected chi connectivity index (χ2v) is 4.27. The van der Waals surface area contributed by atoms with Crippen LogP contribution in [0, 0.1) is 12.3 Å². The van der Waals surface area contributed by atoms with Crippen LogP contribution in [0.15, 0.2) is 24.3 Å². The molecule has 0 aliphatic heterocycles. The lowest BCUT2D eigenvalue weighted by molar-refractivity contribution is -0.126. The van der Waals surface area contributed by atoms with E-state index in [9.17, 15) is 4.79 Å². The van der Waals surface area contributed by atoms with Crippen molar-refractivity contribution in [3.05, 3.63) is 29.8 Å². The van der Waals surface area contributed by atoms with Gasteiger partial charge in [-0.25, -0.2) is 0 Å². The Hall–Kier alpha value is -1.99. The van der Waals surface area contributed by atoms with Gasteiger partial charge in [0.25, 0.3) is 5.91 Å². The zero-order valence-electron chi connectivity index (χ0n) is 11.3. The molecular weight excluding hydrogens is 240 g/mol. The number of benzene rings is 1. The van der Waals surface area contributed by atoms with Gasteiger partial charge in [0.05, 0.1) is 6.54 Å². The molecule has 0 spiro atoms. The summed E-state index contributed by atoms with van der Waals surface area (Å²) in [5.41, 5.74) is 6.98. The van der Waals surface area contributed by atoms with Crippen molar-refractivity contribution in [2.45, 2.75) is 32.4 Å². The highest BCUT2D eigenvalue weighted by Crippen LogP contribution is 2.19. The third-order valence-corrected chi connectivity index (χ3v) is 2.79. The highest BCUT2D eigenvalue weighted by Gasteiger charge is 2.13. The molecule has 1 aromatic rings. The zero-order valence-corrected chi connectivity index (χ0v) is 11.3. The number of ether oxygens (including phenoxy) is 1. The van der Waals surface area contributed by atoms with Crippen LogP contribution in [0.4, 0.5) is 0 Å². The van der Waals surface area contributed by atoms with Crippen LogP contribution >= 0.6 is 0 Å². The Morgan fingerprint density at radius 2 is 2.11 bits per heavy atom. The fourth-order valence-corrected chi connectivity index (χ4v) is 1.57. The summed E-state index contributed by atoms with van der Waals surface area (Å²) in [6, 6.07) is 7.49. The molecule has 0 saturated carbocycles. The first-order chi connectivity index (χ1) is 9.08. The number of carbonyl (C=O) groups excluding carboxylic acids is 1. The van der Waals surface area contributed by atoms with Gasteiger partial charge in [-0.3, -0.25) is 4.79 Å². The van der Waals surface area contributed by atoms with E-state index in [1.165, 1.54) is 0 Å². The molecule has 3 N–H and O–H groups in total. The van der Waals surface area contributed by atoms with Crippen molar-refractivity contribution in [2.75, 3.05) is 6.54 Å². The molecule has 0 bridgehead atoms. The SMILES string of the molecule is C#CCNC(=O)C(C)Oc1ccc(C(N)CC)cc1. The monoisotopic (exact) mass is 260 g/mol. The van der Waals surface area contributed by atoms with Gasteiger partial charge in [0.1, 0.15) is 5.75 Å². The van der Waals surface area contributed by atoms with Gasteiger partial charge in [-0.15, -0.1) is 6.42 Å². The number of nitrogens with one attached hydrogen (secondary N) is 1. The van der Waals surface area contributed by atoms with Gasteiger partial charge in [0.15, 0.2) is 6.10 Å². The van der Waals surface area contributed by atoms with Gasteiger partial charge in [-0.05, 0) is 31.0 Å². The highest BCUT2D eigenvalue weighted by molar-refractivity contribution is 5.80. The van der Waals surface area contributed by atoms with E-state index in [0.29, 0.717) is 5.75 Å². The summed E-state index contributed by atoms with van der Waals surface area (Å²) < 4.78 is 5.52. The van der Waals surface area contributed by atoms with Crippen molar-refractivity contribution < 1.29 is 9.53 Å². The Balaban J connectivity index is 2.58. The summed E-state index contributed by atoms with van der Waals surface area (Å²) in [5, 5.41) is 2.57.